The third-order valence-corrected chi connectivity index (χ3v) is 5.83. The first-order valence-corrected chi connectivity index (χ1v) is 10.8. The van der Waals surface area contributed by atoms with Gasteiger partial charge < -0.3 is 14.6 Å². The second-order valence-electron chi connectivity index (χ2n) is 6.57. The van der Waals surface area contributed by atoms with Crippen molar-refractivity contribution >= 4 is 33.3 Å². The van der Waals surface area contributed by atoms with E-state index in [1.807, 2.05) is 0 Å². The van der Waals surface area contributed by atoms with E-state index in [-0.39, 0.29) is 27.8 Å². The molecule has 0 saturated carbocycles. The topological polar surface area (TPSA) is 152 Å². The second kappa shape index (κ2) is 9.87. The highest BCUT2D eigenvalue weighted by Crippen LogP contribution is 2.29. The fraction of sp³-hybridized carbons (Fsp3) is 0.0952. The standard InChI is InChI=1S/C21H20N4O7S/c1-31-17-7-4-15(5-8-17)24-33(29,30)21-12-16(25(27)28)6-9-18(21)23-22-13-14-3-10-20(32-2)19(26)11-14/h3-13,23-24,26H,1-2H3. The number of methoxy groups -OCH3 is 2. The summed E-state index contributed by atoms with van der Waals surface area (Å²) < 4.78 is 38.4. The van der Waals surface area contributed by atoms with Gasteiger partial charge >= 0.3 is 0 Å². The van der Waals surface area contributed by atoms with E-state index < -0.39 is 20.6 Å². The number of hydrogen-bond acceptors (Lipinski definition) is 9. The van der Waals surface area contributed by atoms with Gasteiger partial charge in [-0.15, -0.1) is 0 Å². The van der Waals surface area contributed by atoms with Gasteiger partial charge in [0.2, 0.25) is 0 Å². The van der Waals surface area contributed by atoms with Gasteiger partial charge in [0, 0.05) is 17.8 Å². The van der Waals surface area contributed by atoms with Crippen molar-refractivity contribution in [3.8, 4) is 17.2 Å². The molecule has 0 heterocycles. The van der Waals surface area contributed by atoms with Crippen LogP contribution in [-0.4, -0.2) is 38.9 Å². The summed E-state index contributed by atoms with van der Waals surface area (Å²) in [5.41, 5.74) is 2.93. The second-order valence-corrected chi connectivity index (χ2v) is 8.22. The summed E-state index contributed by atoms with van der Waals surface area (Å²) in [4.78, 5) is 10.1. The molecule has 3 aromatic rings. The molecule has 0 bridgehead atoms. The Morgan fingerprint density at radius 3 is 2.36 bits per heavy atom. The van der Waals surface area contributed by atoms with Crippen molar-refractivity contribution in [1.29, 1.82) is 0 Å². The molecule has 0 aliphatic heterocycles. The van der Waals surface area contributed by atoms with Gasteiger partial charge in [-0.1, -0.05) is 0 Å². The van der Waals surface area contributed by atoms with Gasteiger partial charge in [-0.3, -0.25) is 20.3 Å². The zero-order valence-electron chi connectivity index (χ0n) is 17.6. The maximum absolute atomic E-state index is 13.0. The quantitative estimate of drug-likeness (QED) is 0.243. The number of phenolic OH excluding ortho intramolecular Hbond substituents is 1. The van der Waals surface area contributed by atoms with E-state index in [0.29, 0.717) is 11.3 Å². The van der Waals surface area contributed by atoms with Crippen LogP contribution in [-0.2, 0) is 10.0 Å². The normalized spacial score (nSPS) is 11.2. The SMILES string of the molecule is COc1ccc(NS(=O)(=O)c2cc([N+](=O)[O-])ccc2NN=Cc2ccc(OC)c(O)c2)cc1. The lowest BCUT2D eigenvalue weighted by molar-refractivity contribution is -0.385. The number of rotatable bonds is 9. The number of nitrogens with one attached hydrogen (secondary N) is 2. The summed E-state index contributed by atoms with van der Waals surface area (Å²) >= 11 is 0. The van der Waals surface area contributed by atoms with Gasteiger partial charge in [-0.2, -0.15) is 5.10 Å². The van der Waals surface area contributed by atoms with Crippen LogP contribution in [0.2, 0.25) is 0 Å². The monoisotopic (exact) mass is 472 g/mol. The van der Waals surface area contributed by atoms with Crippen molar-refractivity contribution in [2.24, 2.45) is 5.10 Å². The van der Waals surface area contributed by atoms with Crippen LogP contribution in [0.5, 0.6) is 17.2 Å². The zero-order chi connectivity index (χ0) is 24.0. The number of ether oxygens (including phenoxy) is 2. The largest absolute Gasteiger partial charge is 0.504 e. The first-order valence-electron chi connectivity index (χ1n) is 9.35. The van der Waals surface area contributed by atoms with E-state index in [9.17, 15) is 23.6 Å². The molecule has 172 valence electrons. The molecular formula is C21H20N4O7S. The number of nitro groups is 1. The number of hydrogen-bond donors (Lipinski definition) is 3. The van der Waals surface area contributed by atoms with Gasteiger partial charge in [0.25, 0.3) is 15.7 Å². The van der Waals surface area contributed by atoms with Crippen molar-refractivity contribution in [3.63, 3.8) is 0 Å². The van der Waals surface area contributed by atoms with Crippen LogP contribution in [0.15, 0.2) is 70.7 Å². The minimum atomic E-state index is -4.22. The molecule has 0 fully saturated rings. The molecule has 3 aromatic carbocycles. The highest BCUT2D eigenvalue weighted by atomic mass is 32.2. The average Bonchev–Trinajstić information content (AvgIpc) is 2.79. The number of phenols is 1. The van der Waals surface area contributed by atoms with Crippen LogP contribution in [0.3, 0.4) is 0 Å². The molecule has 0 atom stereocenters. The molecule has 0 spiro atoms. The van der Waals surface area contributed by atoms with Gasteiger partial charge in [-0.05, 0) is 54.1 Å². The number of anilines is 2. The Morgan fingerprint density at radius 2 is 1.76 bits per heavy atom. The third kappa shape index (κ3) is 5.68. The summed E-state index contributed by atoms with van der Waals surface area (Å²) in [5.74, 6) is 0.728. The number of aromatic hydroxyl groups is 1. The third-order valence-electron chi connectivity index (χ3n) is 4.41. The predicted octanol–water partition coefficient (Wildman–Crippen LogP) is 3.56. The van der Waals surface area contributed by atoms with Crippen LogP contribution in [0.25, 0.3) is 0 Å². The first kappa shape index (κ1) is 23.3. The van der Waals surface area contributed by atoms with Gasteiger partial charge in [-0.25, -0.2) is 8.42 Å². The minimum Gasteiger partial charge on any atom is -0.504 e. The Hall–Kier alpha value is -4.32. The smallest absolute Gasteiger partial charge is 0.270 e. The van der Waals surface area contributed by atoms with Crippen LogP contribution in [0.4, 0.5) is 17.1 Å². The maximum Gasteiger partial charge on any atom is 0.270 e. The molecule has 11 nitrogen and oxygen atoms in total. The average molecular weight is 472 g/mol. The van der Waals surface area contributed by atoms with Crippen molar-refractivity contribution < 1.29 is 27.9 Å². The Balaban J connectivity index is 1.90. The number of benzene rings is 3. The van der Waals surface area contributed by atoms with E-state index in [1.54, 1.807) is 18.2 Å². The Morgan fingerprint density at radius 1 is 1.03 bits per heavy atom. The first-order chi connectivity index (χ1) is 15.7. The molecular weight excluding hydrogens is 452 g/mol. The Kier molecular flexibility index (Phi) is 6.98. The van der Waals surface area contributed by atoms with Crippen LogP contribution < -0.4 is 19.6 Å². The van der Waals surface area contributed by atoms with Gasteiger partial charge in [0.05, 0.1) is 31.0 Å². The van der Waals surface area contributed by atoms with Gasteiger partial charge in [0.15, 0.2) is 11.5 Å². The minimum absolute atomic E-state index is 0.00981. The predicted molar refractivity (Wildman–Crippen MR) is 123 cm³/mol. The number of non-ortho nitro benzene ring substituents is 1. The van der Waals surface area contributed by atoms with Crippen molar-refractivity contribution in [3.05, 3.63) is 76.3 Å². The number of sulfonamides is 1. The van der Waals surface area contributed by atoms with E-state index in [0.717, 1.165) is 12.1 Å². The van der Waals surface area contributed by atoms with E-state index in [2.05, 4.69) is 15.2 Å². The van der Waals surface area contributed by atoms with Crippen molar-refractivity contribution in [1.82, 2.24) is 0 Å². The number of hydrazone groups is 1. The van der Waals surface area contributed by atoms with Crippen molar-refractivity contribution in [2.75, 3.05) is 24.4 Å². The van der Waals surface area contributed by atoms with Crippen molar-refractivity contribution in [2.45, 2.75) is 4.90 Å². The molecule has 0 aliphatic rings. The molecule has 3 rings (SSSR count). The summed E-state index contributed by atoms with van der Waals surface area (Å²) in [6.07, 6.45) is 1.34. The van der Waals surface area contributed by atoms with E-state index in [4.69, 9.17) is 9.47 Å². The molecule has 0 aromatic heterocycles. The maximum atomic E-state index is 13.0. The molecule has 0 radical (unpaired) electrons. The fourth-order valence-electron chi connectivity index (χ4n) is 2.77. The molecule has 0 saturated heterocycles. The molecule has 0 amide bonds. The number of nitrogens with zero attached hydrogens (tertiary/aromatic N) is 2. The molecule has 12 heteroatoms. The summed E-state index contributed by atoms with van der Waals surface area (Å²) in [6, 6.07) is 14.0. The summed E-state index contributed by atoms with van der Waals surface area (Å²) in [7, 11) is -1.32. The Bertz CT molecular complexity index is 1290. The molecule has 0 unspecified atom stereocenters. The molecule has 3 N–H and O–H groups in total. The lowest BCUT2D eigenvalue weighted by Gasteiger charge is -2.12. The summed E-state index contributed by atoms with van der Waals surface area (Å²) in [5, 5.41) is 25.0. The van der Waals surface area contributed by atoms with Crippen LogP contribution >= 0.6 is 0 Å². The lowest BCUT2D eigenvalue weighted by Crippen LogP contribution is -2.15. The van der Waals surface area contributed by atoms with Crippen LogP contribution in [0, 0.1) is 10.1 Å². The molecule has 0 aliphatic carbocycles. The highest BCUT2D eigenvalue weighted by molar-refractivity contribution is 7.92. The summed E-state index contributed by atoms with van der Waals surface area (Å²) in [6.45, 7) is 0. The zero-order valence-corrected chi connectivity index (χ0v) is 18.4. The molecule has 33 heavy (non-hydrogen) atoms. The Labute approximate surface area is 189 Å². The van der Waals surface area contributed by atoms with Gasteiger partial charge in [0.1, 0.15) is 10.6 Å². The lowest BCUT2D eigenvalue weighted by atomic mass is 10.2. The highest BCUT2D eigenvalue weighted by Gasteiger charge is 2.22. The number of nitro benzene ring substituents is 1. The fourth-order valence-corrected chi connectivity index (χ4v) is 4.01. The van der Waals surface area contributed by atoms with E-state index >= 15 is 0 Å². The van der Waals surface area contributed by atoms with E-state index in [1.165, 1.54) is 50.8 Å². The van der Waals surface area contributed by atoms with Crippen LogP contribution in [0.1, 0.15) is 5.56 Å².